The van der Waals surface area contributed by atoms with Crippen LogP contribution >= 0.6 is 0 Å². The molecule has 0 aromatic heterocycles. The molecule has 1 N–H and O–H groups in total. The fourth-order valence-electron chi connectivity index (χ4n) is 2.97. The van der Waals surface area contributed by atoms with E-state index in [0.29, 0.717) is 11.6 Å². The Kier molecular flexibility index (Phi) is 2.67. The third-order valence-electron chi connectivity index (χ3n) is 3.86. The van der Waals surface area contributed by atoms with E-state index in [4.69, 9.17) is 5.26 Å². The Balaban J connectivity index is 1.90. The summed E-state index contributed by atoms with van der Waals surface area (Å²) >= 11 is 0. The zero-order valence-electron chi connectivity index (χ0n) is 10.1. The molecule has 1 aromatic carbocycles. The van der Waals surface area contributed by atoms with Crippen LogP contribution in [0, 0.1) is 11.3 Å². The van der Waals surface area contributed by atoms with Crippen molar-refractivity contribution >= 4 is 11.7 Å². The first-order valence-electron chi connectivity index (χ1n) is 6.39. The second-order valence-corrected chi connectivity index (χ2v) is 4.94. The summed E-state index contributed by atoms with van der Waals surface area (Å²) in [6, 6.07) is 9.90. The Morgan fingerprint density at radius 1 is 1.22 bits per heavy atom. The van der Waals surface area contributed by atoms with Gasteiger partial charge in [0.15, 0.2) is 0 Å². The van der Waals surface area contributed by atoms with E-state index >= 15 is 0 Å². The number of nitriles is 1. The minimum absolute atomic E-state index is 0.00314. The van der Waals surface area contributed by atoms with Crippen molar-refractivity contribution in [2.45, 2.75) is 37.8 Å². The van der Waals surface area contributed by atoms with Crippen molar-refractivity contribution in [3.63, 3.8) is 0 Å². The van der Waals surface area contributed by atoms with Crippen LogP contribution in [0.25, 0.3) is 0 Å². The highest BCUT2D eigenvalue weighted by molar-refractivity contribution is 5.95. The van der Waals surface area contributed by atoms with Crippen molar-refractivity contribution in [1.29, 1.82) is 5.26 Å². The molecule has 0 radical (unpaired) electrons. The van der Waals surface area contributed by atoms with Crippen LogP contribution in [0.2, 0.25) is 0 Å². The summed E-state index contributed by atoms with van der Waals surface area (Å²) in [6.07, 6.45) is 4.51. The van der Waals surface area contributed by atoms with Gasteiger partial charge in [0.2, 0.25) is 0 Å². The highest BCUT2D eigenvalue weighted by Crippen LogP contribution is 2.32. The average molecular weight is 241 g/mol. The Bertz CT molecular complexity index is 503. The molecule has 2 unspecified atom stereocenters. The molecule has 1 aliphatic carbocycles. The van der Waals surface area contributed by atoms with Gasteiger partial charge in [0.1, 0.15) is 0 Å². The van der Waals surface area contributed by atoms with Crippen LogP contribution in [-0.4, -0.2) is 18.1 Å². The second-order valence-electron chi connectivity index (χ2n) is 4.94. The van der Waals surface area contributed by atoms with Gasteiger partial charge in [-0.15, -0.1) is 0 Å². The Morgan fingerprint density at radius 3 is 2.67 bits per heavy atom. The molecular formula is C14H15N3O. The molecule has 92 valence electrons. The number of anilines is 1. The number of amides is 2. The third-order valence-corrected chi connectivity index (χ3v) is 3.86. The average Bonchev–Trinajstić information content (AvgIpc) is 2.75. The summed E-state index contributed by atoms with van der Waals surface area (Å²) in [7, 11) is 0. The van der Waals surface area contributed by atoms with E-state index < -0.39 is 0 Å². The topological polar surface area (TPSA) is 56.1 Å². The molecule has 0 spiro atoms. The van der Waals surface area contributed by atoms with E-state index in [2.05, 4.69) is 11.4 Å². The fraction of sp³-hybridized carbons (Fsp3) is 0.429. The molecule has 2 aliphatic rings. The zero-order valence-corrected chi connectivity index (χ0v) is 10.1. The van der Waals surface area contributed by atoms with Crippen LogP contribution in [0.15, 0.2) is 24.3 Å². The van der Waals surface area contributed by atoms with Crippen LogP contribution in [0.5, 0.6) is 0 Å². The van der Waals surface area contributed by atoms with Gasteiger partial charge in [-0.2, -0.15) is 5.26 Å². The maximum atomic E-state index is 12.0. The first kappa shape index (κ1) is 11.1. The van der Waals surface area contributed by atoms with Crippen molar-refractivity contribution in [3.05, 3.63) is 29.8 Å². The molecule has 2 amide bonds. The molecule has 0 bridgehead atoms. The lowest BCUT2D eigenvalue weighted by Crippen LogP contribution is -2.39. The van der Waals surface area contributed by atoms with Crippen molar-refractivity contribution in [3.8, 4) is 6.07 Å². The predicted molar refractivity (Wildman–Crippen MR) is 68.2 cm³/mol. The molecule has 2 atom stereocenters. The highest BCUT2D eigenvalue weighted by Gasteiger charge is 2.41. The number of nitrogens with zero attached hydrogens (tertiary/aromatic N) is 2. The Morgan fingerprint density at radius 2 is 1.94 bits per heavy atom. The third kappa shape index (κ3) is 1.72. The lowest BCUT2D eigenvalue weighted by Gasteiger charge is -2.29. The highest BCUT2D eigenvalue weighted by atomic mass is 16.2. The summed E-state index contributed by atoms with van der Waals surface area (Å²) in [5.41, 5.74) is 1.51. The smallest absolute Gasteiger partial charge is 0.322 e. The molecular weight excluding hydrogens is 226 g/mol. The van der Waals surface area contributed by atoms with Gasteiger partial charge in [-0.25, -0.2) is 4.79 Å². The summed E-state index contributed by atoms with van der Waals surface area (Å²) in [5.74, 6) is 0. The predicted octanol–water partition coefficient (Wildman–Crippen LogP) is 2.40. The van der Waals surface area contributed by atoms with Crippen LogP contribution in [-0.2, 0) is 0 Å². The maximum Gasteiger partial charge on any atom is 0.322 e. The minimum atomic E-state index is -0.00314. The zero-order chi connectivity index (χ0) is 12.5. The van der Waals surface area contributed by atoms with E-state index in [-0.39, 0.29) is 12.1 Å². The van der Waals surface area contributed by atoms with Gasteiger partial charge in [0.25, 0.3) is 0 Å². The first-order valence-corrected chi connectivity index (χ1v) is 6.39. The standard InChI is InChI=1S/C14H15N3O/c15-9-10-5-7-11(8-6-10)17-13-4-2-1-3-12(13)16-14(17)18/h5-8,12-13H,1-4H2,(H,16,18). The molecule has 2 fully saturated rings. The molecule has 4 heteroatoms. The first-order chi connectivity index (χ1) is 8.79. The summed E-state index contributed by atoms with van der Waals surface area (Å²) < 4.78 is 0. The van der Waals surface area contributed by atoms with E-state index in [9.17, 15) is 4.79 Å². The van der Waals surface area contributed by atoms with Gasteiger partial charge in [0, 0.05) is 5.69 Å². The van der Waals surface area contributed by atoms with E-state index in [1.165, 1.54) is 12.8 Å². The number of nitrogens with one attached hydrogen (secondary N) is 1. The number of benzene rings is 1. The SMILES string of the molecule is N#Cc1ccc(N2C(=O)NC3CCCCC32)cc1. The molecule has 1 aliphatic heterocycles. The van der Waals surface area contributed by atoms with Crippen LogP contribution in [0.1, 0.15) is 31.2 Å². The van der Waals surface area contributed by atoms with Gasteiger partial charge < -0.3 is 5.32 Å². The summed E-state index contributed by atoms with van der Waals surface area (Å²) in [5, 5.41) is 11.8. The van der Waals surface area contributed by atoms with E-state index in [1.54, 1.807) is 12.1 Å². The molecule has 1 saturated carbocycles. The van der Waals surface area contributed by atoms with E-state index in [1.807, 2.05) is 17.0 Å². The van der Waals surface area contributed by atoms with Crippen molar-refractivity contribution in [1.82, 2.24) is 5.32 Å². The number of carbonyl (C=O) groups is 1. The summed E-state index contributed by atoms with van der Waals surface area (Å²) in [4.78, 5) is 13.9. The Labute approximate surface area is 106 Å². The molecule has 4 nitrogen and oxygen atoms in total. The number of fused-ring (bicyclic) bond motifs is 1. The van der Waals surface area contributed by atoms with Crippen LogP contribution in [0.4, 0.5) is 10.5 Å². The Hall–Kier alpha value is -2.02. The number of carbonyl (C=O) groups excluding carboxylic acids is 1. The number of urea groups is 1. The normalized spacial score (nSPS) is 26.4. The lowest BCUT2D eigenvalue weighted by molar-refractivity contribution is 0.250. The van der Waals surface area contributed by atoms with Gasteiger partial charge >= 0.3 is 6.03 Å². The molecule has 1 heterocycles. The number of hydrogen-bond donors (Lipinski definition) is 1. The largest absolute Gasteiger partial charge is 0.333 e. The van der Waals surface area contributed by atoms with Gasteiger partial charge in [0.05, 0.1) is 23.7 Å². The number of hydrogen-bond acceptors (Lipinski definition) is 2. The lowest BCUT2D eigenvalue weighted by atomic mass is 9.91. The number of rotatable bonds is 1. The quantitative estimate of drug-likeness (QED) is 0.820. The maximum absolute atomic E-state index is 12.0. The van der Waals surface area contributed by atoms with Gasteiger partial charge in [-0.1, -0.05) is 12.8 Å². The summed E-state index contributed by atoms with van der Waals surface area (Å²) in [6.45, 7) is 0. The van der Waals surface area contributed by atoms with Gasteiger partial charge in [-0.3, -0.25) is 4.90 Å². The van der Waals surface area contributed by atoms with Crippen molar-refractivity contribution in [2.24, 2.45) is 0 Å². The van der Waals surface area contributed by atoms with Crippen LogP contribution in [0.3, 0.4) is 0 Å². The second kappa shape index (κ2) is 4.34. The molecule has 3 rings (SSSR count). The van der Waals surface area contributed by atoms with E-state index in [0.717, 1.165) is 18.5 Å². The molecule has 1 saturated heterocycles. The molecule has 1 aromatic rings. The van der Waals surface area contributed by atoms with Crippen molar-refractivity contribution < 1.29 is 4.79 Å². The van der Waals surface area contributed by atoms with Gasteiger partial charge in [-0.05, 0) is 37.1 Å². The van der Waals surface area contributed by atoms with Crippen molar-refractivity contribution in [2.75, 3.05) is 4.90 Å². The monoisotopic (exact) mass is 241 g/mol. The van der Waals surface area contributed by atoms with Crippen LogP contribution < -0.4 is 10.2 Å². The minimum Gasteiger partial charge on any atom is -0.333 e. The molecule has 18 heavy (non-hydrogen) atoms. The fourth-order valence-corrected chi connectivity index (χ4v) is 2.97.